The number of amides is 1. The van der Waals surface area contributed by atoms with Crippen LogP contribution in [0.25, 0.3) is 0 Å². The molecule has 2 atom stereocenters. The van der Waals surface area contributed by atoms with Crippen molar-refractivity contribution in [3.63, 3.8) is 0 Å². The van der Waals surface area contributed by atoms with Crippen LogP contribution in [0.2, 0.25) is 0 Å². The van der Waals surface area contributed by atoms with Crippen molar-refractivity contribution in [3.8, 4) is 0 Å². The Bertz CT molecular complexity index is 632. The van der Waals surface area contributed by atoms with Crippen molar-refractivity contribution in [1.82, 2.24) is 15.1 Å². The number of benzene rings is 1. The van der Waals surface area contributed by atoms with E-state index in [1.165, 1.54) is 24.3 Å². The van der Waals surface area contributed by atoms with E-state index in [-0.39, 0.29) is 17.8 Å². The highest BCUT2D eigenvalue weighted by atomic mass is 19.1. The van der Waals surface area contributed by atoms with Crippen LogP contribution < -0.4 is 5.32 Å². The van der Waals surface area contributed by atoms with E-state index in [4.69, 9.17) is 0 Å². The van der Waals surface area contributed by atoms with E-state index in [0.29, 0.717) is 17.7 Å². The third-order valence-corrected chi connectivity index (χ3v) is 3.56. The summed E-state index contributed by atoms with van der Waals surface area (Å²) in [5, 5.41) is 17.0. The second-order valence-corrected chi connectivity index (χ2v) is 5.47. The summed E-state index contributed by atoms with van der Waals surface area (Å²) < 4.78 is 14.5. The van der Waals surface area contributed by atoms with Crippen LogP contribution in [-0.2, 0) is 7.05 Å². The van der Waals surface area contributed by atoms with E-state index in [0.717, 1.165) is 5.69 Å². The summed E-state index contributed by atoms with van der Waals surface area (Å²) in [7, 11) is 1.77. The summed E-state index contributed by atoms with van der Waals surface area (Å²) in [5.41, 5.74) is 1.86. The molecule has 0 fully saturated rings. The number of nitrogens with zero attached hydrogens (tertiary/aromatic N) is 2. The van der Waals surface area contributed by atoms with Crippen molar-refractivity contribution in [2.75, 3.05) is 0 Å². The van der Waals surface area contributed by atoms with Crippen LogP contribution in [0, 0.1) is 12.7 Å². The van der Waals surface area contributed by atoms with Gasteiger partial charge >= 0.3 is 0 Å². The molecule has 2 rings (SSSR count). The molecular formula is C16H20FN3O2. The maximum Gasteiger partial charge on any atom is 0.271 e. The van der Waals surface area contributed by atoms with Crippen LogP contribution in [-0.4, -0.2) is 26.8 Å². The van der Waals surface area contributed by atoms with Crippen LogP contribution in [0.3, 0.4) is 0 Å². The number of aromatic nitrogens is 2. The molecule has 6 heteroatoms. The Kier molecular flexibility index (Phi) is 4.92. The summed E-state index contributed by atoms with van der Waals surface area (Å²) in [4.78, 5) is 12.1. The van der Waals surface area contributed by atoms with Gasteiger partial charge in [-0.25, -0.2) is 4.39 Å². The third-order valence-electron chi connectivity index (χ3n) is 3.56. The molecule has 1 aromatic heterocycles. The Morgan fingerprint density at radius 3 is 2.59 bits per heavy atom. The number of aliphatic hydroxyl groups is 1. The van der Waals surface area contributed by atoms with Crippen LogP contribution in [0.4, 0.5) is 4.39 Å². The number of carbonyl (C=O) groups is 1. The molecule has 1 aromatic carbocycles. The average Bonchev–Trinajstić information content (AvgIpc) is 2.79. The minimum atomic E-state index is -0.763. The van der Waals surface area contributed by atoms with E-state index in [1.807, 2.05) is 6.92 Å². The van der Waals surface area contributed by atoms with Crippen molar-refractivity contribution in [2.45, 2.75) is 32.4 Å². The van der Waals surface area contributed by atoms with Gasteiger partial charge in [0, 0.05) is 18.8 Å². The predicted molar refractivity (Wildman–Crippen MR) is 80.9 cm³/mol. The fraction of sp³-hybridized carbons (Fsp3) is 0.375. The highest BCUT2D eigenvalue weighted by Gasteiger charge is 2.17. The second kappa shape index (κ2) is 6.70. The highest BCUT2D eigenvalue weighted by molar-refractivity contribution is 5.92. The van der Waals surface area contributed by atoms with Crippen LogP contribution in [0.5, 0.6) is 0 Å². The fourth-order valence-electron chi connectivity index (χ4n) is 2.18. The van der Waals surface area contributed by atoms with Crippen molar-refractivity contribution >= 4 is 5.91 Å². The lowest BCUT2D eigenvalue weighted by molar-refractivity contribution is 0.0911. The smallest absolute Gasteiger partial charge is 0.271 e. The molecular weight excluding hydrogens is 285 g/mol. The van der Waals surface area contributed by atoms with Crippen LogP contribution in [0.1, 0.15) is 41.2 Å². The molecule has 2 aromatic rings. The molecule has 0 spiro atoms. The SMILES string of the molecule is Cc1cc(C(=O)NC(C)CC(O)c2ccc(F)cc2)nn1C. The van der Waals surface area contributed by atoms with E-state index in [1.54, 1.807) is 24.7 Å². The quantitative estimate of drug-likeness (QED) is 0.889. The molecule has 0 saturated heterocycles. The maximum atomic E-state index is 12.9. The molecule has 1 amide bonds. The first kappa shape index (κ1) is 16.2. The van der Waals surface area contributed by atoms with Crippen molar-refractivity contribution < 1.29 is 14.3 Å². The van der Waals surface area contributed by atoms with Gasteiger partial charge in [0.05, 0.1) is 6.10 Å². The van der Waals surface area contributed by atoms with Crippen LogP contribution >= 0.6 is 0 Å². The van der Waals surface area contributed by atoms with Gasteiger partial charge in [0.25, 0.3) is 5.91 Å². The molecule has 2 unspecified atom stereocenters. The molecule has 5 nitrogen and oxygen atoms in total. The number of hydrogen-bond donors (Lipinski definition) is 2. The van der Waals surface area contributed by atoms with E-state index >= 15 is 0 Å². The Balaban J connectivity index is 1.93. The van der Waals surface area contributed by atoms with E-state index in [9.17, 15) is 14.3 Å². The summed E-state index contributed by atoms with van der Waals surface area (Å²) in [6.07, 6.45) is -0.426. The molecule has 2 N–H and O–H groups in total. The zero-order valence-corrected chi connectivity index (χ0v) is 12.9. The average molecular weight is 305 g/mol. The number of hydrogen-bond acceptors (Lipinski definition) is 3. The topological polar surface area (TPSA) is 67.2 Å². The van der Waals surface area contributed by atoms with Gasteiger partial charge < -0.3 is 10.4 Å². The van der Waals surface area contributed by atoms with Crippen LogP contribution in [0.15, 0.2) is 30.3 Å². The summed E-state index contributed by atoms with van der Waals surface area (Å²) >= 11 is 0. The number of aliphatic hydroxyl groups excluding tert-OH is 1. The second-order valence-electron chi connectivity index (χ2n) is 5.47. The Morgan fingerprint density at radius 1 is 1.41 bits per heavy atom. The summed E-state index contributed by atoms with van der Waals surface area (Å²) in [5.74, 6) is -0.620. The molecule has 0 bridgehead atoms. The monoisotopic (exact) mass is 305 g/mol. The van der Waals surface area contributed by atoms with Gasteiger partial charge in [-0.05, 0) is 44.0 Å². The van der Waals surface area contributed by atoms with E-state index < -0.39 is 6.10 Å². The Hall–Kier alpha value is -2.21. The number of nitrogens with one attached hydrogen (secondary N) is 1. The number of carbonyl (C=O) groups excluding carboxylic acids is 1. The van der Waals surface area contributed by atoms with Crippen molar-refractivity contribution in [3.05, 3.63) is 53.1 Å². The van der Waals surface area contributed by atoms with Gasteiger partial charge in [-0.2, -0.15) is 5.10 Å². The van der Waals surface area contributed by atoms with Gasteiger partial charge in [0.15, 0.2) is 0 Å². The number of aryl methyl sites for hydroxylation is 2. The summed E-state index contributed by atoms with van der Waals surface area (Å²) in [6.45, 7) is 3.67. The predicted octanol–water partition coefficient (Wildman–Crippen LogP) is 2.11. The zero-order chi connectivity index (χ0) is 16.3. The largest absolute Gasteiger partial charge is 0.388 e. The maximum absolute atomic E-state index is 12.9. The Labute approximate surface area is 128 Å². The first-order chi connectivity index (χ1) is 10.4. The molecule has 118 valence electrons. The first-order valence-corrected chi connectivity index (χ1v) is 7.12. The Morgan fingerprint density at radius 2 is 2.05 bits per heavy atom. The lowest BCUT2D eigenvalue weighted by Gasteiger charge is -2.17. The van der Waals surface area contributed by atoms with Gasteiger partial charge in [-0.1, -0.05) is 12.1 Å². The lowest BCUT2D eigenvalue weighted by atomic mass is 10.0. The van der Waals surface area contributed by atoms with Crippen molar-refractivity contribution in [1.29, 1.82) is 0 Å². The minimum Gasteiger partial charge on any atom is -0.388 e. The lowest BCUT2D eigenvalue weighted by Crippen LogP contribution is -2.34. The number of halogens is 1. The molecule has 1 heterocycles. The number of rotatable bonds is 5. The van der Waals surface area contributed by atoms with Gasteiger partial charge in [-0.3, -0.25) is 9.48 Å². The zero-order valence-electron chi connectivity index (χ0n) is 12.9. The molecule has 0 radical (unpaired) electrons. The van der Waals surface area contributed by atoms with Gasteiger partial charge in [0.2, 0.25) is 0 Å². The highest BCUT2D eigenvalue weighted by Crippen LogP contribution is 2.18. The molecule has 0 aliphatic carbocycles. The molecule has 0 aliphatic heterocycles. The van der Waals surface area contributed by atoms with Gasteiger partial charge in [0.1, 0.15) is 11.5 Å². The summed E-state index contributed by atoms with van der Waals surface area (Å²) in [6, 6.07) is 7.15. The minimum absolute atomic E-state index is 0.241. The van der Waals surface area contributed by atoms with Gasteiger partial charge in [-0.15, -0.1) is 0 Å². The normalized spacial score (nSPS) is 13.7. The molecule has 0 aliphatic rings. The first-order valence-electron chi connectivity index (χ1n) is 7.12. The fourth-order valence-corrected chi connectivity index (χ4v) is 2.18. The molecule has 22 heavy (non-hydrogen) atoms. The van der Waals surface area contributed by atoms with E-state index in [2.05, 4.69) is 10.4 Å². The third kappa shape index (κ3) is 3.92. The molecule has 0 saturated carbocycles. The van der Waals surface area contributed by atoms with Crippen molar-refractivity contribution in [2.24, 2.45) is 7.05 Å². The standard InChI is InChI=1S/C16H20FN3O2/c1-10(8-15(21)12-4-6-13(17)7-5-12)18-16(22)14-9-11(2)20(3)19-14/h4-7,9-10,15,21H,8H2,1-3H3,(H,18,22).